The zero-order valence-corrected chi connectivity index (χ0v) is 14.3. The molecule has 0 radical (unpaired) electrons. The van der Waals surface area contributed by atoms with E-state index >= 15 is 0 Å². The summed E-state index contributed by atoms with van der Waals surface area (Å²) in [5.41, 5.74) is 0.109. The molecule has 0 aliphatic rings. The quantitative estimate of drug-likeness (QED) is 0.790. The minimum Gasteiger partial charge on any atom is -0.349 e. The van der Waals surface area contributed by atoms with Crippen molar-refractivity contribution in [2.24, 2.45) is 0 Å². The molecule has 0 saturated carbocycles. The number of hydrogen-bond acceptors (Lipinski definition) is 4. The predicted molar refractivity (Wildman–Crippen MR) is 88.1 cm³/mol. The van der Waals surface area contributed by atoms with Crippen LogP contribution in [0.4, 0.5) is 0 Å². The van der Waals surface area contributed by atoms with Gasteiger partial charge in [-0.25, -0.2) is 4.68 Å². The van der Waals surface area contributed by atoms with Crippen molar-refractivity contribution in [2.75, 3.05) is 13.1 Å². The van der Waals surface area contributed by atoms with Gasteiger partial charge in [-0.05, 0) is 40.2 Å². The fraction of sp³-hybridized carbons (Fsp3) is 0.688. The molecule has 1 N–H and O–H groups in total. The molecule has 0 saturated heterocycles. The van der Waals surface area contributed by atoms with Gasteiger partial charge in [0.2, 0.25) is 0 Å². The number of aryl methyl sites for hydroxylation is 1. The second kappa shape index (κ2) is 8.68. The van der Waals surface area contributed by atoms with E-state index in [-0.39, 0.29) is 17.2 Å². The number of hydrogen-bond donors (Lipinski definition) is 1. The van der Waals surface area contributed by atoms with E-state index in [0.29, 0.717) is 25.2 Å². The Kier molecular flexibility index (Phi) is 7.24. The van der Waals surface area contributed by atoms with Gasteiger partial charge in [-0.1, -0.05) is 6.92 Å². The lowest BCUT2D eigenvalue weighted by molar-refractivity contribution is 0.0932. The maximum atomic E-state index is 12.1. The highest BCUT2D eigenvalue weighted by Gasteiger charge is 2.14. The molecule has 22 heavy (non-hydrogen) atoms. The highest BCUT2D eigenvalue weighted by atomic mass is 16.2. The van der Waals surface area contributed by atoms with Gasteiger partial charge in [0.05, 0.1) is 0 Å². The van der Waals surface area contributed by atoms with Gasteiger partial charge in [0.1, 0.15) is 5.69 Å². The first-order valence-corrected chi connectivity index (χ1v) is 7.99. The van der Waals surface area contributed by atoms with Crippen LogP contribution in [0.2, 0.25) is 0 Å². The van der Waals surface area contributed by atoms with Gasteiger partial charge < -0.3 is 5.32 Å². The van der Waals surface area contributed by atoms with Crippen LogP contribution in [0.5, 0.6) is 0 Å². The van der Waals surface area contributed by atoms with E-state index in [1.807, 2.05) is 6.92 Å². The first kappa shape index (κ1) is 18.4. The Hall–Kier alpha value is -1.69. The third kappa shape index (κ3) is 5.26. The number of amides is 1. The van der Waals surface area contributed by atoms with Gasteiger partial charge in [-0.15, -0.1) is 0 Å². The van der Waals surface area contributed by atoms with Crippen molar-refractivity contribution in [1.29, 1.82) is 0 Å². The van der Waals surface area contributed by atoms with Crippen molar-refractivity contribution in [1.82, 2.24) is 20.0 Å². The molecule has 0 unspecified atom stereocenters. The highest BCUT2D eigenvalue weighted by Crippen LogP contribution is 2.03. The zero-order valence-electron chi connectivity index (χ0n) is 14.3. The van der Waals surface area contributed by atoms with E-state index in [1.54, 1.807) is 0 Å². The number of nitrogens with one attached hydrogen (secondary N) is 1. The second-order valence-electron chi connectivity index (χ2n) is 5.96. The average molecular weight is 308 g/mol. The summed E-state index contributed by atoms with van der Waals surface area (Å²) < 4.78 is 1.34. The van der Waals surface area contributed by atoms with Crippen LogP contribution in [-0.4, -0.2) is 45.8 Å². The minimum atomic E-state index is -0.239. The summed E-state index contributed by atoms with van der Waals surface area (Å²) in [4.78, 5) is 26.0. The van der Waals surface area contributed by atoms with Crippen molar-refractivity contribution >= 4 is 5.91 Å². The summed E-state index contributed by atoms with van der Waals surface area (Å²) in [6.45, 7) is 12.4. The van der Waals surface area contributed by atoms with Crippen LogP contribution in [0.25, 0.3) is 0 Å². The lowest BCUT2D eigenvalue weighted by Crippen LogP contribution is -2.42. The zero-order chi connectivity index (χ0) is 16.7. The van der Waals surface area contributed by atoms with Crippen LogP contribution in [0.15, 0.2) is 16.9 Å². The molecule has 1 heterocycles. The largest absolute Gasteiger partial charge is 0.349 e. The van der Waals surface area contributed by atoms with Crippen molar-refractivity contribution in [3.8, 4) is 0 Å². The normalized spacial score (nSPS) is 11.5. The third-order valence-corrected chi connectivity index (χ3v) is 3.52. The lowest BCUT2D eigenvalue weighted by Gasteiger charge is -2.30. The summed E-state index contributed by atoms with van der Waals surface area (Å²) in [5.74, 6) is -0.239. The maximum absolute atomic E-state index is 12.1. The molecule has 0 fully saturated rings. The Morgan fingerprint density at radius 1 is 1.27 bits per heavy atom. The molecule has 0 bridgehead atoms. The molecular formula is C16H28N4O2. The SMILES string of the molecule is CCCn1nc(C(=O)NCCN(C(C)C)C(C)C)ccc1=O. The molecule has 1 aromatic heterocycles. The molecule has 6 heteroatoms. The van der Waals surface area contributed by atoms with E-state index in [1.165, 1.54) is 16.8 Å². The molecule has 124 valence electrons. The number of carbonyl (C=O) groups is 1. The molecule has 1 aromatic rings. The number of aromatic nitrogens is 2. The van der Waals surface area contributed by atoms with Crippen LogP contribution in [0, 0.1) is 0 Å². The molecule has 0 aliphatic carbocycles. The highest BCUT2D eigenvalue weighted by molar-refractivity contribution is 5.91. The Balaban J connectivity index is 2.62. The average Bonchev–Trinajstić information content (AvgIpc) is 2.45. The molecule has 0 spiro atoms. The third-order valence-electron chi connectivity index (χ3n) is 3.52. The summed E-state index contributed by atoms with van der Waals surface area (Å²) in [7, 11) is 0. The summed E-state index contributed by atoms with van der Waals surface area (Å²) in [6, 6.07) is 3.74. The van der Waals surface area contributed by atoms with Crippen LogP contribution in [0.3, 0.4) is 0 Å². The maximum Gasteiger partial charge on any atom is 0.271 e. The monoisotopic (exact) mass is 308 g/mol. The van der Waals surface area contributed by atoms with Crippen molar-refractivity contribution in [2.45, 2.75) is 59.7 Å². The van der Waals surface area contributed by atoms with E-state index in [4.69, 9.17) is 0 Å². The molecule has 1 rings (SSSR count). The molecule has 1 amide bonds. The molecule has 0 aliphatic heterocycles. The van der Waals surface area contributed by atoms with Crippen molar-refractivity contribution in [3.63, 3.8) is 0 Å². The standard InChI is InChI=1S/C16H28N4O2/c1-6-10-20-15(21)8-7-14(18-20)16(22)17-9-11-19(12(2)3)13(4)5/h7-8,12-13H,6,9-11H2,1-5H3,(H,17,22). The van der Waals surface area contributed by atoms with E-state index < -0.39 is 0 Å². The summed E-state index contributed by atoms with van der Waals surface area (Å²) >= 11 is 0. The van der Waals surface area contributed by atoms with E-state index in [2.05, 4.69) is 43.0 Å². The van der Waals surface area contributed by atoms with E-state index in [9.17, 15) is 9.59 Å². The Morgan fingerprint density at radius 2 is 1.91 bits per heavy atom. The Labute approximate surface area is 132 Å². The van der Waals surface area contributed by atoms with Gasteiger partial charge in [-0.2, -0.15) is 5.10 Å². The fourth-order valence-corrected chi connectivity index (χ4v) is 2.44. The van der Waals surface area contributed by atoms with Crippen molar-refractivity contribution < 1.29 is 4.79 Å². The van der Waals surface area contributed by atoms with Crippen molar-refractivity contribution in [3.05, 3.63) is 28.2 Å². The predicted octanol–water partition coefficient (Wildman–Crippen LogP) is 1.50. The summed E-state index contributed by atoms with van der Waals surface area (Å²) in [6.07, 6.45) is 0.801. The number of rotatable bonds is 8. The number of nitrogens with zero attached hydrogens (tertiary/aromatic N) is 3. The first-order chi connectivity index (χ1) is 10.4. The molecular weight excluding hydrogens is 280 g/mol. The van der Waals surface area contributed by atoms with Gasteiger partial charge in [0.15, 0.2) is 0 Å². The van der Waals surface area contributed by atoms with Gasteiger partial charge in [0, 0.05) is 37.8 Å². The van der Waals surface area contributed by atoms with Gasteiger partial charge in [0.25, 0.3) is 11.5 Å². The topological polar surface area (TPSA) is 67.2 Å². The van der Waals surface area contributed by atoms with E-state index in [0.717, 1.165) is 13.0 Å². The Morgan fingerprint density at radius 3 is 2.45 bits per heavy atom. The second-order valence-corrected chi connectivity index (χ2v) is 5.96. The number of carbonyl (C=O) groups excluding carboxylic acids is 1. The molecule has 0 aromatic carbocycles. The van der Waals surface area contributed by atoms with Crippen LogP contribution < -0.4 is 10.9 Å². The lowest BCUT2D eigenvalue weighted by atomic mass is 10.2. The van der Waals surface area contributed by atoms with Gasteiger partial charge >= 0.3 is 0 Å². The van der Waals surface area contributed by atoms with Crippen LogP contribution in [-0.2, 0) is 6.54 Å². The smallest absolute Gasteiger partial charge is 0.271 e. The Bertz CT molecular complexity index is 529. The van der Waals surface area contributed by atoms with Crippen LogP contribution in [0.1, 0.15) is 51.5 Å². The van der Waals surface area contributed by atoms with Gasteiger partial charge in [-0.3, -0.25) is 14.5 Å². The van der Waals surface area contributed by atoms with Crippen LogP contribution >= 0.6 is 0 Å². The minimum absolute atomic E-state index is 0.177. The molecule has 0 atom stereocenters. The summed E-state index contributed by atoms with van der Waals surface area (Å²) in [5, 5.41) is 6.98. The fourth-order valence-electron chi connectivity index (χ4n) is 2.44. The molecule has 6 nitrogen and oxygen atoms in total. The first-order valence-electron chi connectivity index (χ1n) is 7.99.